The Hall–Kier alpha value is -1.75. The number of ether oxygens (including phenoxy) is 2. The van der Waals surface area contributed by atoms with Crippen LogP contribution >= 0.6 is 0 Å². The van der Waals surface area contributed by atoms with Gasteiger partial charge in [-0.15, -0.1) is 0 Å². The minimum atomic E-state index is -0.192. The zero-order chi connectivity index (χ0) is 12.7. The molecular weight excluding hydrogens is 220 g/mol. The molecule has 0 atom stereocenters. The van der Waals surface area contributed by atoms with E-state index in [1.807, 2.05) is 19.1 Å². The fourth-order valence-electron chi connectivity index (χ4n) is 1.27. The second kappa shape index (κ2) is 6.75. The van der Waals surface area contributed by atoms with Gasteiger partial charge in [0, 0.05) is 13.7 Å². The van der Waals surface area contributed by atoms with Gasteiger partial charge in [-0.05, 0) is 18.6 Å². The van der Waals surface area contributed by atoms with Crippen molar-refractivity contribution in [3.8, 4) is 5.75 Å². The van der Waals surface area contributed by atoms with E-state index in [9.17, 15) is 4.79 Å². The van der Waals surface area contributed by atoms with Crippen LogP contribution in [0.15, 0.2) is 18.2 Å². The van der Waals surface area contributed by atoms with Crippen LogP contribution in [-0.4, -0.2) is 32.8 Å². The second-order valence-electron chi connectivity index (χ2n) is 3.62. The third-order valence-electron chi connectivity index (χ3n) is 2.27. The lowest BCUT2D eigenvalue weighted by Crippen LogP contribution is -2.31. The van der Waals surface area contributed by atoms with E-state index in [-0.39, 0.29) is 12.5 Å². The summed E-state index contributed by atoms with van der Waals surface area (Å²) in [5, 5.41) is 2.66. The van der Waals surface area contributed by atoms with Gasteiger partial charge in [0.15, 0.2) is 6.61 Å². The molecule has 1 amide bonds. The molecule has 0 heterocycles. The van der Waals surface area contributed by atoms with Crippen LogP contribution in [0.25, 0.3) is 0 Å². The van der Waals surface area contributed by atoms with Gasteiger partial charge < -0.3 is 20.5 Å². The minimum absolute atomic E-state index is 0.0443. The molecule has 17 heavy (non-hydrogen) atoms. The number of hydrogen-bond acceptors (Lipinski definition) is 4. The summed E-state index contributed by atoms with van der Waals surface area (Å²) in [7, 11) is 1.58. The van der Waals surface area contributed by atoms with E-state index in [0.29, 0.717) is 24.6 Å². The molecule has 0 saturated carbocycles. The number of nitrogen functional groups attached to an aromatic ring is 1. The fraction of sp³-hybridized carbons (Fsp3) is 0.417. The van der Waals surface area contributed by atoms with Crippen molar-refractivity contribution in [2.45, 2.75) is 6.92 Å². The maximum Gasteiger partial charge on any atom is 0.258 e. The highest BCUT2D eigenvalue weighted by Gasteiger charge is 2.05. The van der Waals surface area contributed by atoms with Crippen molar-refractivity contribution in [2.75, 3.05) is 32.6 Å². The Morgan fingerprint density at radius 1 is 1.47 bits per heavy atom. The molecule has 0 bridgehead atoms. The average molecular weight is 238 g/mol. The lowest BCUT2D eigenvalue weighted by atomic mass is 10.2. The minimum Gasteiger partial charge on any atom is -0.482 e. The van der Waals surface area contributed by atoms with Gasteiger partial charge in [0.2, 0.25) is 0 Å². The molecule has 1 rings (SSSR count). The predicted octanol–water partition coefficient (Wildman–Crippen LogP) is 0.719. The maximum atomic E-state index is 11.4. The summed E-state index contributed by atoms with van der Waals surface area (Å²) in [5.41, 5.74) is 7.31. The van der Waals surface area contributed by atoms with E-state index in [1.165, 1.54) is 0 Å². The number of nitrogens with two attached hydrogens (primary N) is 1. The average Bonchev–Trinajstić information content (AvgIpc) is 2.31. The third-order valence-corrected chi connectivity index (χ3v) is 2.27. The third kappa shape index (κ3) is 4.32. The first-order chi connectivity index (χ1) is 8.15. The van der Waals surface area contributed by atoms with E-state index in [1.54, 1.807) is 13.2 Å². The normalized spacial score (nSPS) is 10.0. The summed E-state index contributed by atoms with van der Waals surface area (Å²) in [5.74, 6) is 0.342. The molecule has 0 radical (unpaired) electrons. The Labute approximate surface area is 101 Å². The number of hydrogen-bond donors (Lipinski definition) is 2. The summed E-state index contributed by atoms with van der Waals surface area (Å²) < 4.78 is 10.1. The SMILES string of the molecule is COCCNC(=O)COc1cccc(C)c1N. The summed E-state index contributed by atoms with van der Waals surface area (Å²) in [6.07, 6.45) is 0. The quantitative estimate of drug-likeness (QED) is 0.565. The van der Waals surface area contributed by atoms with Gasteiger partial charge in [0.05, 0.1) is 12.3 Å². The van der Waals surface area contributed by atoms with Crippen molar-refractivity contribution >= 4 is 11.6 Å². The van der Waals surface area contributed by atoms with E-state index >= 15 is 0 Å². The number of benzene rings is 1. The van der Waals surface area contributed by atoms with E-state index in [0.717, 1.165) is 5.56 Å². The van der Waals surface area contributed by atoms with Crippen LogP contribution in [0.2, 0.25) is 0 Å². The highest BCUT2D eigenvalue weighted by molar-refractivity contribution is 5.77. The van der Waals surface area contributed by atoms with Crippen molar-refractivity contribution in [3.63, 3.8) is 0 Å². The Morgan fingerprint density at radius 2 is 2.24 bits per heavy atom. The molecule has 1 aromatic carbocycles. The molecule has 0 unspecified atom stereocenters. The second-order valence-corrected chi connectivity index (χ2v) is 3.62. The van der Waals surface area contributed by atoms with Crippen LogP contribution in [0.3, 0.4) is 0 Å². The van der Waals surface area contributed by atoms with E-state index < -0.39 is 0 Å². The molecule has 0 fully saturated rings. The fourth-order valence-corrected chi connectivity index (χ4v) is 1.27. The molecule has 0 aromatic heterocycles. The Morgan fingerprint density at radius 3 is 2.94 bits per heavy atom. The van der Waals surface area contributed by atoms with Crippen molar-refractivity contribution in [3.05, 3.63) is 23.8 Å². The number of nitrogens with one attached hydrogen (secondary N) is 1. The molecule has 1 aromatic rings. The smallest absolute Gasteiger partial charge is 0.258 e. The molecular formula is C12H18N2O3. The van der Waals surface area contributed by atoms with Crippen LogP contribution < -0.4 is 15.8 Å². The van der Waals surface area contributed by atoms with Crippen LogP contribution in [0.1, 0.15) is 5.56 Å². The Bertz CT molecular complexity index is 380. The summed E-state index contributed by atoms with van der Waals surface area (Å²) in [6, 6.07) is 5.47. The topological polar surface area (TPSA) is 73.6 Å². The Kier molecular flexibility index (Phi) is 5.29. The molecule has 0 aliphatic rings. The standard InChI is InChI=1S/C12H18N2O3/c1-9-4-3-5-10(12(9)13)17-8-11(15)14-6-7-16-2/h3-5H,6-8,13H2,1-2H3,(H,14,15). The zero-order valence-electron chi connectivity index (χ0n) is 10.2. The van der Waals surface area contributed by atoms with Gasteiger partial charge in [-0.1, -0.05) is 12.1 Å². The van der Waals surface area contributed by atoms with Gasteiger partial charge >= 0.3 is 0 Å². The molecule has 94 valence electrons. The van der Waals surface area contributed by atoms with Crippen molar-refractivity contribution in [2.24, 2.45) is 0 Å². The van der Waals surface area contributed by atoms with Crippen LogP contribution in [-0.2, 0) is 9.53 Å². The number of carbonyl (C=O) groups excluding carboxylic acids is 1. The number of aryl methyl sites for hydroxylation is 1. The first kappa shape index (κ1) is 13.3. The van der Waals surface area contributed by atoms with Gasteiger partial charge in [-0.3, -0.25) is 4.79 Å². The summed E-state index contributed by atoms with van der Waals surface area (Å²) in [4.78, 5) is 11.4. The largest absolute Gasteiger partial charge is 0.482 e. The lowest BCUT2D eigenvalue weighted by Gasteiger charge is -2.10. The molecule has 0 aliphatic heterocycles. The van der Waals surface area contributed by atoms with Crippen LogP contribution in [0, 0.1) is 6.92 Å². The van der Waals surface area contributed by atoms with Gasteiger partial charge in [-0.2, -0.15) is 0 Å². The first-order valence-electron chi connectivity index (χ1n) is 5.38. The number of para-hydroxylation sites is 1. The van der Waals surface area contributed by atoms with Crippen molar-refractivity contribution < 1.29 is 14.3 Å². The molecule has 0 aliphatic carbocycles. The van der Waals surface area contributed by atoms with Gasteiger partial charge in [0.25, 0.3) is 5.91 Å². The van der Waals surface area contributed by atoms with Crippen molar-refractivity contribution in [1.82, 2.24) is 5.32 Å². The monoisotopic (exact) mass is 238 g/mol. The Balaban J connectivity index is 2.39. The number of anilines is 1. The number of rotatable bonds is 6. The highest BCUT2D eigenvalue weighted by Crippen LogP contribution is 2.23. The maximum absolute atomic E-state index is 11.4. The van der Waals surface area contributed by atoms with Gasteiger partial charge in [0.1, 0.15) is 5.75 Å². The van der Waals surface area contributed by atoms with Crippen LogP contribution in [0.4, 0.5) is 5.69 Å². The molecule has 5 nitrogen and oxygen atoms in total. The molecule has 0 saturated heterocycles. The lowest BCUT2D eigenvalue weighted by molar-refractivity contribution is -0.123. The molecule has 5 heteroatoms. The number of methoxy groups -OCH3 is 1. The van der Waals surface area contributed by atoms with E-state index in [4.69, 9.17) is 15.2 Å². The van der Waals surface area contributed by atoms with Gasteiger partial charge in [-0.25, -0.2) is 0 Å². The zero-order valence-corrected chi connectivity index (χ0v) is 10.2. The first-order valence-corrected chi connectivity index (χ1v) is 5.38. The van der Waals surface area contributed by atoms with Crippen molar-refractivity contribution in [1.29, 1.82) is 0 Å². The highest BCUT2D eigenvalue weighted by atomic mass is 16.5. The number of amides is 1. The summed E-state index contributed by atoms with van der Waals surface area (Å²) in [6.45, 7) is 2.80. The molecule has 0 spiro atoms. The van der Waals surface area contributed by atoms with E-state index in [2.05, 4.69) is 5.32 Å². The predicted molar refractivity (Wildman–Crippen MR) is 66.0 cm³/mol. The number of carbonyl (C=O) groups is 1. The molecule has 3 N–H and O–H groups in total. The summed E-state index contributed by atoms with van der Waals surface area (Å²) >= 11 is 0. The van der Waals surface area contributed by atoms with Crippen LogP contribution in [0.5, 0.6) is 5.75 Å².